The van der Waals surface area contributed by atoms with E-state index in [0.717, 1.165) is 26.5 Å². The second kappa shape index (κ2) is 9.94. The highest BCUT2D eigenvalue weighted by Gasteiger charge is 2.12. The molecule has 1 N–H and O–H groups in total. The number of halogens is 2. The average Bonchev–Trinajstić information content (AvgIpc) is 3.16. The molecule has 0 bridgehead atoms. The van der Waals surface area contributed by atoms with Gasteiger partial charge in [-0.05, 0) is 58.4 Å². The molecule has 0 aliphatic heterocycles. The molecular formula is C18H15Br2N3O4S. The molecule has 146 valence electrons. The summed E-state index contributed by atoms with van der Waals surface area (Å²) < 4.78 is 17.8. The first-order chi connectivity index (χ1) is 13.5. The first-order valence-corrected chi connectivity index (χ1v) is 10.6. The lowest BCUT2D eigenvalue weighted by Gasteiger charge is -2.07. The summed E-state index contributed by atoms with van der Waals surface area (Å²) in [6.07, 6.45) is 0. The minimum absolute atomic E-state index is 0.136. The minimum Gasteiger partial charge on any atom is -0.497 e. The summed E-state index contributed by atoms with van der Waals surface area (Å²) in [7, 11) is 1.60. The maximum Gasteiger partial charge on any atom is 0.277 e. The Balaban J connectivity index is 1.47. The third-order valence-corrected chi connectivity index (χ3v) is 5.40. The maximum absolute atomic E-state index is 12.1. The Hall–Kier alpha value is -2.04. The van der Waals surface area contributed by atoms with Crippen LogP contribution in [0.2, 0.25) is 0 Å². The normalized spacial score (nSPS) is 10.5. The van der Waals surface area contributed by atoms with E-state index in [-0.39, 0.29) is 18.3 Å². The number of carbonyl (C=O) groups is 1. The fourth-order valence-corrected chi connectivity index (χ4v) is 3.37. The lowest BCUT2D eigenvalue weighted by Crippen LogP contribution is -2.14. The number of nitrogens with one attached hydrogen (secondary N) is 1. The number of aromatic nitrogens is 2. The van der Waals surface area contributed by atoms with Crippen molar-refractivity contribution < 1.29 is 18.7 Å². The molecule has 10 heteroatoms. The molecule has 1 aromatic heterocycles. The third kappa shape index (κ3) is 5.98. The zero-order valence-corrected chi connectivity index (χ0v) is 18.6. The lowest BCUT2D eigenvalue weighted by molar-refractivity contribution is -0.113. The summed E-state index contributed by atoms with van der Waals surface area (Å²) >= 11 is 7.93. The summed E-state index contributed by atoms with van der Waals surface area (Å²) in [6.45, 7) is 0.136. The molecule has 0 aliphatic rings. The van der Waals surface area contributed by atoms with Gasteiger partial charge in [-0.25, -0.2) is 0 Å². The smallest absolute Gasteiger partial charge is 0.277 e. The molecule has 0 spiro atoms. The van der Waals surface area contributed by atoms with E-state index >= 15 is 0 Å². The number of rotatable bonds is 8. The van der Waals surface area contributed by atoms with Gasteiger partial charge in [-0.3, -0.25) is 4.79 Å². The second-order valence-corrected chi connectivity index (χ2v) is 8.08. The third-order valence-electron chi connectivity index (χ3n) is 3.40. The lowest BCUT2D eigenvalue weighted by atomic mass is 10.3. The Bertz CT molecular complexity index is 950. The number of ether oxygens (including phenoxy) is 2. The van der Waals surface area contributed by atoms with E-state index in [1.165, 1.54) is 0 Å². The number of amides is 1. The van der Waals surface area contributed by atoms with E-state index in [0.29, 0.717) is 22.6 Å². The van der Waals surface area contributed by atoms with E-state index in [9.17, 15) is 4.79 Å². The zero-order valence-electron chi connectivity index (χ0n) is 14.6. The van der Waals surface area contributed by atoms with Crippen LogP contribution in [-0.2, 0) is 11.4 Å². The Morgan fingerprint density at radius 1 is 1.14 bits per heavy atom. The maximum atomic E-state index is 12.1. The predicted octanol–water partition coefficient (Wildman–Crippen LogP) is 4.91. The van der Waals surface area contributed by atoms with Crippen molar-refractivity contribution in [2.24, 2.45) is 0 Å². The Labute approximate surface area is 182 Å². The minimum atomic E-state index is -0.182. The van der Waals surface area contributed by atoms with Crippen molar-refractivity contribution in [1.82, 2.24) is 10.2 Å². The van der Waals surface area contributed by atoms with Gasteiger partial charge in [0.25, 0.3) is 11.1 Å². The standard InChI is InChI=1S/C18H15Br2N3O4S/c1-25-12-3-5-13(6-4-12)26-9-17-22-23-18(27-17)28-10-16(24)21-15-8-11(19)2-7-14(15)20/h2-8H,9-10H2,1H3,(H,21,24). The number of hydrogen-bond acceptors (Lipinski definition) is 7. The number of benzene rings is 2. The molecule has 7 nitrogen and oxygen atoms in total. The molecule has 0 aliphatic carbocycles. The van der Waals surface area contributed by atoms with Crippen LogP contribution in [0.1, 0.15) is 5.89 Å². The fourth-order valence-electron chi connectivity index (χ4n) is 2.08. The number of hydrogen-bond donors (Lipinski definition) is 1. The zero-order chi connectivity index (χ0) is 19.9. The monoisotopic (exact) mass is 527 g/mol. The number of methoxy groups -OCH3 is 1. The van der Waals surface area contributed by atoms with Crippen LogP contribution < -0.4 is 14.8 Å². The van der Waals surface area contributed by atoms with Gasteiger partial charge in [0.05, 0.1) is 18.6 Å². The molecule has 0 unspecified atom stereocenters. The van der Waals surface area contributed by atoms with E-state index in [1.54, 1.807) is 31.4 Å². The Kier molecular flexibility index (Phi) is 7.35. The molecule has 2 aromatic carbocycles. The molecule has 3 aromatic rings. The number of anilines is 1. The first kappa shape index (κ1) is 20.7. The molecule has 0 fully saturated rings. The van der Waals surface area contributed by atoms with Crippen molar-refractivity contribution in [3.05, 3.63) is 57.3 Å². The molecule has 1 heterocycles. The van der Waals surface area contributed by atoms with Gasteiger partial charge >= 0.3 is 0 Å². The van der Waals surface area contributed by atoms with E-state index in [2.05, 4.69) is 47.4 Å². The van der Waals surface area contributed by atoms with E-state index in [4.69, 9.17) is 13.9 Å². The Morgan fingerprint density at radius 3 is 2.64 bits per heavy atom. The number of nitrogens with zero attached hydrogens (tertiary/aromatic N) is 2. The molecule has 3 rings (SSSR count). The van der Waals surface area contributed by atoms with Crippen LogP contribution in [0, 0.1) is 0 Å². The Morgan fingerprint density at radius 2 is 1.89 bits per heavy atom. The van der Waals surface area contributed by atoms with Gasteiger partial charge in [0.15, 0.2) is 6.61 Å². The van der Waals surface area contributed by atoms with Crippen molar-refractivity contribution in [2.45, 2.75) is 11.8 Å². The van der Waals surface area contributed by atoms with Crippen molar-refractivity contribution in [1.29, 1.82) is 0 Å². The number of carbonyl (C=O) groups excluding carboxylic acids is 1. The van der Waals surface area contributed by atoms with Crippen LogP contribution in [0.3, 0.4) is 0 Å². The van der Waals surface area contributed by atoms with Crippen LogP contribution >= 0.6 is 43.6 Å². The largest absolute Gasteiger partial charge is 0.497 e. The van der Waals surface area contributed by atoms with Crippen LogP contribution in [0.4, 0.5) is 5.69 Å². The fraction of sp³-hybridized carbons (Fsp3) is 0.167. The summed E-state index contributed by atoms with van der Waals surface area (Å²) in [5, 5.41) is 11.0. The highest BCUT2D eigenvalue weighted by Crippen LogP contribution is 2.27. The summed E-state index contributed by atoms with van der Waals surface area (Å²) in [4.78, 5) is 12.1. The van der Waals surface area contributed by atoms with E-state index < -0.39 is 0 Å². The summed E-state index contributed by atoms with van der Waals surface area (Å²) in [5.41, 5.74) is 0.680. The molecular weight excluding hydrogens is 514 g/mol. The van der Waals surface area contributed by atoms with Crippen LogP contribution in [0.15, 0.2) is 61.0 Å². The van der Waals surface area contributed by atoms with Crippen molar-refractivity contribution >= 4 is 55.2 Å². The van der Waals surface area contributed by atoms with Crippen molar-refractivity contribution in [3.8, 4) is 11.5 Å². The van der Waals surface area contributed by atoms with Gasteiger partial charge in [-0.2, -0.15) is 0 Å². The quantitative estimate of drug-likeness (QED) is 0.415. The molecule has 0 atom stereocenters. The molecule has 28 heavy (non-hydrogen) atoms. The van der Waals surface area contributed by atoms with Gasteiger partial charge in [0.2, 0.25) is 5.91 Å². The highest BCUT2D eigenvalue weighted by atomic mass is 79.9. The van der Waals surface area contributed by atoms with E-state index in [1.807, 2.05) is 18.2 Å². The van der Waals surface area contributed by atoms with Crippen molar-refractivity contribution in [2.75, 3.05) is 18.2 Å². The van der Waals surface area contributed by atoms with Gasteiger partial charge in [0.1, 0.15) is 11.5 Å². The van der Waals surface area contributed by atoms with Gasteiger partial charge < -0.3 is 19.2 Å². The van der Waals surface area contributed by atoms with Crippen LogP contribution in [0.5, 0.6) is 11.5 Å². The molecule has 0 radical (unpaired) electrons. The molecule has 1 amide bonds. The average molecular weight is 529 g/mol. The predicted molar refractivity (Wildman–Crippen MR) is 113 cm³/mol. The summed E-state index contributed by atoms with van der Waals surface area (Å²) in [5.74, 6) is 1.69. The van der Waals surface area contributed by atoms with Gasteiger partial charge in [-0.15, -0.1) is 10.2 Å². The molecule has 0 saturated carbocycles. The number of thioether (sulfide) groups is 1. The SMILES string of the molecule is COc1ccc(OCc2nnc(SCC(=O)Nc3cc(Br)ccc3Br)o2)cc1. The first-order valence-electron chi connectivity index (χ1n) is 8.00. The van der Waals surface area contributed by atoms with Crippen LogP contribution in [0.25, 0.3) is 0 Å². The van der Waals surface area contributed by atoms with Crippen molar-refractivity contribution in [3.63, 3.8) is 0 Å². The van der Waals surface area contributed by atoms with Crippen LogP contribution in [-0.4, -0.2) is 29.0 Å². The topological polar surface area (TPSA) is 86.5 Å². The summed E-state index contributed by atoms with van der Waals surface area (Å²) in [6, 6.07) is 12.7. The molecule has 0 saturated heterocycles. The van der Waals surface area contributed by atoms with Gasteiger partial charge in [0, 0.05) is 8.95 Å². The van der Waals surface area contributed by atoms with Gasteiger partial charge in [-0.1, -0.05) is 27.7 Å². The highest BCUT2D eigenvalue weighted by molar-refractivity contribution is 9.11. The second-order valence-electron chi connectivity index (χ2n) is 5.39.